The maximum Gasteiger partial charge on any atom is 0.0752 e. The normalized spacial score (nSPS) is 19.7. The van der Waals surface area contributed by atoms with Gasteiger partial charge in [-0.25, -0.2) is 0 Å². The van der Waals surface area contributed by atoms with Gasteiger partial charge in [0.2, 0.25) is 0 Å². The second-order valence-electron chi connectivity index (χ2n) is 4.02. The van der Waals surface area contributed by atoms with Gasteiger partial charge in [0.15, 0.2) is 0 Å². The van der Waals surface area contributed by atoms with E-state index in [1.54, 1.807) is 0 Å². The summed E-state index contributed by atoms with van der Waals surface area (Å²) in [4.78, 5) is 4.80. The zero-order valence-corrected chi connectivity index (χ0v) is 8.98. The molecule has 0 spiro atoms. The Balaban J connectivity index is 2.04. The number of likely N-dealkylation sites (N-methyl/N-ethyl adjacent to an activating group) is 1. The Bertz CT molecular complexity index is 294. The van der Waals surface area contributed by atoms with Gasteiger partial charge >= 0.3 is 0 Å². The monoisotopic (exact) mass is 194 g/mol. The van der Waals surface area contributed by atoms with Crippen LogP contribution in [0, 0.1) is 0 Å². The van der Waals surface area contributed by atoms with Crippen molar-refractivity contribution >= 4 is 5.69 Å². The summed E-state index contributed by atoms with van der Waals surface area (Å²) >= 11 is 0. The summed E-state index contributed by atoms with van der Waals surface area (Å²) in [5.41, 5.74) is 1.25. The molecule has 0 atom stereocenters. The van der Waals surface area contributed by atoms with Gasteiger partial charge in [0.25, 0.3) is 0 Å². The molecule has 1 aromatic rings. The molecule has 1 aromatic heterocycles. The van der Waals surface area contributed by atoms with Gasteiger partial charge in [-0.3, -0.25) is 4.68 Å². The number of nitrogens with zero attached hydrogens (tertiary/aromatic N) is 4. The van der Waals surface area contributed by atoms with E-state index >= 15 is 0 Å². The van der Waals surface area contributed by atoms with Gasteiger partial charge in [0, 0.05) is 32.9 Å². The SMILES string of the molecule is CN1CCCN(c2cnn(C)c2)CC1. The van der Waals surface area contributed by atoms with Crippen molar-refractivity contribution < 1.29 is 0 Å². The number of rotatable bonds is 1. The third-order valence-corrected chi connectivity index (χ3v) is 2.78. The highest BCUT2D eigenvalue weighted by Gasteiger charge is 2.13. The molecule has 1 fully saturated rings. The molecule has 4 nitrogen and oxygen atoms in total. The molecule has 0 amide bonds. The number of hydrogen-bond acceptors (Lipinski definition) is 3. The highest BCUT2D eigenvalue weighted by atomic mass is 15.3. The van der Waals surface area contributed by atoms with Gasteiger partial charge in [-0.2, -0.15) is 5.10 Å². The minimum atomic E-state index is 1.11. The molecule has 0 bridgehead atoms. The van der Waals surface area contributed by atoms with E-state index in [0.717, 1.165) is 19.6 Å². The van der Waals surface area contributed by atoms with Crippen molar-refractivity contribution in [2.45, 2.75) is 6.42 Å². The zero-order chi connectivity index (χ0) is 9.97. The fraction of sp³-hybridized carbons (Fsp3) is 0.700. The third-order valence-electron chi connectivity index (χ3n) is 2.78. The number of anilines is 1. The molecule has 1 aliphatic heterocycles. The fourth-order valence-electron chi connectivity index (χ4n) is 1.88. The Morgan fingerprint density at radius 2 is 2.00 bits per heavy atom. The van der Waals surface area contributed by atoms with Gasteiger partial charge in [-0.15, -0.1) is 0 Å². The summed E-state index contributed by atoms with van der Waals surface area (Å²) in [6.45, 7) is 4.61. The van der Waals surface area contributed by atoms with Crippen LogP contribution in [0.25, 0.3) is 0 Å². The first-order valence-electron chi connectivity index (χ1n) is 5.18. The predicted octanol–water partition coefficient (Wildman–Crippen LogP) is 0.562. The average molecular weight is 194 g/mol. The molecule has 0 aliphatic carbocycles. The largest absolute Gasteiger partial charge is 0.368 e. The van der Waals surface area contributed by atoms with Crippen LogP contribution in [-0.2, 0) is 7.05 Å². The average Bonchev–Trinajstić information content (AvgIpc) is 2.46. The van der Waals surface area contributed by atoms with E-state index in [1.807, 2.05) is 17.9 Å². The highest BCUT2D eigenvalue weighted by Crippen LogP contribution is 2.14. The Hall–Kier alpha value is -1.03. The van der Waals surface area contributed by atoms with Crippen LogP contribution >= 0.6 is 0 Å². The van der Waals surface area contributed by atoms with Crippen molar-refractivity contribution in [2.24, 2.45) is 7.05 Å². The van der Waals surface area contributed by atoms with Crippen molar-refractivity contribution in [1.82, 2.24) is 14.7 Å². The van der Waals surface area contributed by atoms with Crippen LogP contribution in [0.4, 0.5) is 5.69 Å². The number of aryl methyl sites for hydroxylation is 1. The first-order chi connectivity index (χ1) is 6.75. The lowest BCUT2D eigenvalue weighted by atomic mass is 10.3. The molecule has 0 N–H and O–H groups in total. The van der Waals surface area contributed by atoms with Gasteiger partial charge in [-0.05, 0) is 20.0 Å². The fourth-order valence-corrected chi connectivity index (χ4v) is 1.88. The minimum absolute atomic E-state index is 1.11. The van der Waals surface area contributed by atoms with Crippen molar-refractivity contribution in [3.63, 3.8) is 0 Å². The van der Waals surface area contributed by atoms with Crippen molar-refractivity contribution in [2.75, 3.05) is 38.1 Å². The van der Waals surface area contributed by atoms with E-state index in [2.05, 4.69) is 28.1 Å². The molecule has 0 aromatic carbocycles. The molecule has 0 unspecified atom stereocenters. The van der Waals surface area contributed by atoms with Gasteiger partial charge in [0.1, 0.15) is 0 Å². The Labute approximate surface area is 85.1 Å². The molecular weight excluding hydrogens is 176 g/mol. The molecule has 2 rings (SSSR count). The molecule has 78 valence electrons. The smallest absolute Gasteiger partial charge is 0.0752 e. The molecule has 1 saturated heterocycles. The molecule has 0 radical (unpaired) electrons. The van der Waals surface area contributed by atoms with E-state index in [-0.39, 0.29) is 0 Å². The lowest BCUT2D eigenvalue weighted by Gasteiger charge is -2.20. The molecular formula is C10H18N4. The van der Waals surface area contributed by atoms with Crippen LogP contribution in [0.3, 0.4) is 0 Å². The second kappa shape index (κ2) is 4.00. The highest BCUT2D eigenvalue weighted by molar-refractivity contribution is 5.42. The topological polar surface area (TPSA) is 24.3 Å². The van der Waals surface area contributed by atoms with Crippen molar-refractivity contribution in [1.29, 1.82) is 0 Å². The van der Waals surface area contributed by atoms with Crippen LogP contribution < -0.4 is 4.90 Å². The summed E-state index contributed by atoms with van der Waals surface area (Å²) in [6, 6.07) is 0. The standard InChI is InChI=1S/C10H18N4/c1-12-4-3-5-14(7-6-12)10-8-11-13(2)9-10/h8-9H,3-7H2,1-2H3. The van der Waals surface area contributed by atoms with Gasteiger partial charge in [0.05, 0.1) is 11.9 Å². The molecule has 2 heterocycles. The summed E-state index contributed by atoms with van der Waals surface area (Å²) < 4.78 is 1.87. The Morgan fingerprint density at radius 3 is 2.71 bits per heavy atom. The van der Waals surface area contributed by atoms with Crippen LogP contribution in [-0.4, -0.2) is 47.9 Å². The summed E-state index contributed by atoms with van der Waals surface area (Å²) in [6.07, 6.45) is 5.28. The van der Waals surface area contributed by atoms with E-state index in [1.165, 1.54) is 18.7 Å². The number of hydrogen-bond donors (Lipinski definition) is 0. The Morgan fingerprint density at radius 1 is 1.14 bits per heavy atom. The predicted molar refractivity (Wildman–Crippen MR) is 57.5 cm³/mol. The van der Waals surface area contributed by atoms with E-state index in [4.69, 9.17) is 0 Å². The van der Waals surface area contributed by atoms with E-state index in [9.17, 15) is 0 Å². The quantitative estimate of drug-likeness (QED) is 0.653. The first kappa shape index (κ1) is 9.52. The second-order valence-corrected chi connectivity index (χ2v) is 4.02. The van der Waals surface area contributed by atoms with E-state index < -0.39 is 0 Å². The summed E-state index contributed by atoms with van der Waals surface area (Å²) in [5.74, 6) is 0. The van der Waals surface area contributed by atoms with E-state index in [0.29, 0.717) is 0 Å². The summed E-state index contributed by atoms with van der Waals surface area (Å²) in [5, 5.41) is 4.20. The number of aromatic nitrogens is 2. The van der Waals surface area contributed by atoms with Crippen LogP contribution in [0.2, 0.25) is 0 Å². The van der Waals surface area contributed by atoms with Crippen LogP contribution in [0.5, 0.6) is 0 Å². The minimum Gasteiger partial charge on any atom is -0.368 e. The van der Waals surface area contributed by atoms with Crippen LogP contribution in [0.1, 0.15) is 6.42 Å². The van der Waals surface area contributed by atoms with Gasteiger partial charge < -0.3 is 9.80 Å². The maximum atomic E-state index is 4.20. The van der Waals surface area contributed by atoms with Crippen molar-refractivity contribution in [3.8, 4) is 0 Å². The maximum absolute atomic E-state index is 4.20. The van der Waals surface area contributed by atoms with Crippen LogP contribution in [0.15, 0.2) is 12.4 Å². The third kappa shape index (κ3) is 2.07. The summed E-state index contributed by atoms with van der Waals surface area (Å²) in [7, 11) is 4.15. The first-order valence-corrected chi connectivity index (χ1v) is 5.18. The van der Waals surface area contributed by atoms with Gasteiger partial charge in [-0.1, -0.05) is 0 Å². The zero-order valence-electron chi connectivity index (χ0n) is 8.98. The Kier molecular flexibility index (Phi) is 2.72. The molecule has 4 heteroatoms. The molecule has 1 aliphatic rings. The lowest BCUT2D eigenvalue weighted by Crippen LogP contribution is -2.28. The molecule has 14 heavy (non-hydrogen) atoms. The molecule has 0 saturated carbocycles. The van der Waals surface area contributed by atoms with Crippen molar-refractivity contribution in [3.05, 3.63) is 12.4 Å². The lowest BCUT2D eigenvalue weighted by molar-refractivity contribution is 0.360.